The number of hydrogen-bond donors (Lipinski definition) is 2. The summed E-state index contributed by atoms with van der Waals surface area (Å²) in [5, 5.41) is 0. The van der Waals surface area contributed by atoms with Gasteiger partial charge in [-0.3, -0.25) is 9.63 Å². The van der Waals surface area contributed by atoms with Crippen LogP contribution < -0.4 is 11.2 Å². The topological polar surface area (TPSA) is 73.6 Å². The molecule has 13 heavy (non-hydrogen) atoms. The summed E-state index contributed by atoms with van der Waals surface area (Å²) < 4.78 is 4.75. The molecule has 0 saturated heterocycles. The number of hydrogen-bond acceptors (Lipinski definition) is 4. The van der Waals surface area contributed by atoms with Crippen molar-refractivity contribution < 1.29 is 14.4 Å². The molecule has 0 radical (unpaired) electrons. The van der Waals surface area contributed by atoms with Gasteiger partial charge in [0.2, 0.25) is 0 Å². The molecule has 0 atom stereocenters. The Bertz CT molecular complexity index is 180. The van der Waals surface area contributed by atoms with E-state index in [2.05, 4.69) is 5.48 Å². The first kappa shape index (κ1) is 10.4. The van der Waals surface area contributed by atoms with Crippen LogP contribution in [-0.4, -0.2) is 32.8 Å². The molecule has 5 nitrogen and oxygen atoms in total. The van der Waals surface area contributed by atoms with Crippen LogP contribution in [0.5, 0.6) is 0 Å². The molecule has 3 N–H and O–H groups in total. The van der Waals surface area contributed by atoms with E-state index in [1.165, 1.54) is 0 Å². The molecule has 1 rings (SSSR count). The van der Waals surface area contributed by atoms with E-state index in [4.69, 9.17) is 15.3 Å². The molecule has 0 aromatic carbocycles. The molecule has 1 amide bonds. The molecule has 76 valence electrons. The number of hydroxylamine groups is 1. The van der Waals surface area contributed by atoms with Crippen molar-refractivity contribution in [2.45, 2.75) is 12.8 Å². The first-order chi connectivity index (χ1) is 6.25. The highest BCUT2D eigenvalue weighted by atomic mass is 16.7. The number of methoxy groups -OCH3 is 1. The maximum atomic E-state index is 11.4. The number of carbonyl (C=O) groups excluding carboxylic acids is 1. The zero-order valence-corrected chi connectivity index (χ0v) is 7.84. The van der Waals surface area contributed by atoms with Gasteiger partial charge in [0.25, 0.3) is 5.91 Å². The highest BCUT2D eigenvalue weighted by Crippen LogP contribution is 2.44. The van der Waals surface area contributed by atoms with Gasteiger partial charge < -0.3 is 10.5 Å². The van der Waals surface area contributed by atoms with Crippen molar-refractivity contribution in [1.29, 1.82) is 0 Å². The second kappa shape index (κ2) is 4.55. The number of carbonyl (C=O) groups is 1. The van der Waals surface area contributed by atoms with E-state index in [0.29, 0.717) is 19.8 Å². The lowest BCUT2D eigenvalue weighted by atomic mass is 10.1. The Labute approximate surface area is 77.5 Å². The van der Waals surface area contributed by atoms with E-state index in [1.807, 2.05) is 0 Å². The van der Waals surface area contributed by atoms with Crippen LogP contribution in [-0.2, 0) is 14.4 Å². The fourth-order valence-electron chi connectivity index (χ4n) is 1.02. The predicted molar refractivity (Wildman–Crippen MR) is 46.7 cm³/mol. The zero-order valence-electron chi connectivity index (χ0n) is 7.84. The second-order valence-electron chi connectivity index (χ2n) is 3.26. The van der Waals surface area contributed by atoms with Gasteiger partial charge in [0.05, 0.1) is 18.6 Å². The van der Waals surface area contributed by atoms with Crippen molar-refractivity contribution in [3.8, 4) is 0 Å². The number of ether oxygens (including phenoxy) is 1. The third-order valence-electron chi connectivity index (χ3n) is 2.28. The van der Waals surface area contributed by atoms with Crippen molar-refractivity contribution in [1.82, 2.24) is 5.48 Å². The van der Waals surface area contributed by atoms with Gasteiger partial charge in [-0.1, -0.05) is 0 Å². The van der Waals surface area contributed by atoms with Gasteiger partial charge in [-0.25, -0.2) is 5.48 Å². The molecule has 1 fully saturated rings. The maximum Gasteiger partial charge on any atom is 0.251 e. The van der Waals surface area contributed by atoms with Crippen LogP contribution in [0.3, 0.4) is 0 Å². The standard InChI is InChI=1S/C8H16N2O3/c1-12-4-5-13-10-7(11)8(6-9)2-3-8/h2-6,9H2,1H3,(H,10,11). The molecule has 0 bridgehead atoms. The van der Waals surface area contributed by atoms with Crippen molar-refractivity contribution in [2.75, 3.05) is 26.9 Å². The Morgan fingerprint density at radius 2 is 2.23 bits per heavy atom. The lowest BCUT2D eigenvalue weighted by molar-refractivity contribution is -0.139. The van der Waals surface area contributed by atoms with Gasteiger partial charge in [-0.2, -0.15) is 0 Å². The van der Waals surface area contributed by atoms with Crippen molar-refractivity contribution >= 4 is 5.91 Å². The van der Waals surface area contributed by atoms with Crippen LogP contribution in [0.15, 0.2) is 0 Å². The summed E-state index contributed by atoms with van der Waals surface area (Å²) in [6, 6.07) is 0. The lowest BCUT2D eigenvalue weighted by Gasteiger charge is -2.11. The SMILES string of the molecule is COCCONC(=O)C1(CN)CC1. The van der Waals surface area contributed by atoms with Gasteiger partial charge in [-0.15, -0.1) is 0 Å². The summed E-state index contributed by atoms with van der Waals surface area (Å²) >= 11 is 0. The maximum absolute atomic E-state index is 11.4. The van der Waals surface area contributed by atoms with E-state index in [-0.39, 0.29) is 11.3 Å². The quantitative estimate of drug-likeness (QED) is 0.432. The molecular formula is C8H16N2O3. The predicted octanol–water partition coefficient (Wildman–Crippen LogP) is -0.580. The van der Waals surface area contributed by atoms with E-state index < -0.39 is 0 Å². The van der Waals surface area contributed by atoms with E-state index >= 15 is 0 Å². The zero-order chi connectivity index (χ0) is 9.73. The summed E-state index contributed by atoms with van der Waals surface area (Å²) in [6.07, 6.45) is 1.73. The average molecular weight is 188 g/mol. The number of amides is 1. The fourth-order valence-corrected chi connectivity index (χ4v) is 1.02. The summed E-state index contributed by atoms with van der Waals surface area (Å²) in [5.41, 5.74) is 7.49. The Hall–Kier alpha value is -0.650. The van der Waals surface area contributed by atoms with Crippen LogP contribution >= 0.6 is 0 Å². The molecule has 0 unspecified atom stereocenters. The van der Waals surface area contributed by atoms with E-state index in [9.17, 15) is 4.79 Å². The Morgan fingerprint density at radius 3 is 2.69 bits per heavy atom. The summed E-state index contributed by atoms with van der Waals surface area (Å²) in [7, 11) is 1.58. The first-order valence-electron chi connectivity index (χ1n) is 4.36. The normalized spacial score (nSPS) is 18.3. The fraction of sp³-hybridized carbons (Fsp3) is 0.875. The van der Waals surface area contributed by atoms with Crippen molar-refractivity contribution in [3.63, 3.8) is 0 Å². The van der Waals surface area contributed by atoms with Gasteiger partial charge in [0.15, 0.2) is 0 Å². The third-order valence-corrected chi connectivity index (χ3v) is 2.28. The van der Waals surface area contributed by atoms with Crippen molar-refractivity contribution in [2.24, 2.45) is 11.1 Å². The Kier molecular flexibility index (Phi) is 3.65. The number of rotatable bonds is 6. The summed E-state index contributed by atoms with van der Waals surface area (Å²) in [4.78, 5) is 16.2. The molecule has 0 aromatic heterocycles. The molecule has 5 heteroatoms. The molecule has 0 aromatic rings. The highest BCUT2D eigenvalue weighted by molar-refractivity contribution is 5.84. The van der Waals surface area contributed by atoms with E-state index in [0.717, 1.165) is 12.8 Å². The smallest absolute Gasteiger partial charge is 0.251 e. The van der Waals surface area contributed by atoms with Crippen LogP contribution in [0.2, 0.25) is 0 Å². The monoisotopic (exact) mass is 188 g/mol. The third kappa shape index (κ3) is 2.65. The summed E-state index contributed by atoms with van der Waals surface area (Å²) in [6.45, 7) is 1.23. The average Bonchev–Trinajstić information content (AvgIpc) is 2.93. The minimum absolute atomic E-state index is 0.105. The van der Waals surface area contributed by atoms with E-state index in [1.54, 1.807) is 7.11 Å². The molecule has 0 heterocycles. The highest BCUT2D eigenvalue weighted by Gasteiger charge is 2.48. The summed E-state index contributed by atoms with van der Waals surface area (Å²) in [5.74, 6) is -0.105. The Morgan fingerprint density at radius 1 is 1.54 bits per heavy atom. The van der Waals surface area contributed by atoms with Gasteiger partial charge >= 0.3 is 0 Å². The number of nitrogens with two attached hydrogens (primary N) is 1. The molecule has 1 aliphatic carbocycles. The van der Waals surface area contributed by atoms with Crippen LogP contribution in [0, 0.1) is 5.41 Å². The minimum atomic E-state index is -0.340. The van der Waals surface area contributed by atoms with Gasteiger partial charge in [-0.05, 0) is 12.8 Å². The van der Waals surface area contributed by atoms with Crippen LogP contribution in [0.4, 0.5) is 0 Å². The second-order valence-corrected chi connectivity index (χ2v) is 3.26. The Balaban J connectivity index is 2.11. The molecule has 0 aliphatic heterocycles. The van der Waals surface area contributed by atoms with Crippen LogP contribution in [0.1, 0.15) is 12.8 Å². The first-order valence-corrected chi connectivity index (χ1v) is 4.36. The molecule has 1 aliphatic rings. The minimum Gasteiger partial charge on any atom is -0.382 e. The van der Waals surface area contributed by atoms with Crippen molar-refractivity contribution in [3.05, 3.63) is 0 Å². The van der Waals surface area contributed by atoms with Crippen LogP contribution in [0.25, 0.3) is 0 Å². The molecule has 1 saturated carbocycles. The number of nitrogens with one attached hydrogen (secondary N) is 1. The largest absolute Gasteiger partial charge is 0.382 e. The van der Waals surface area contributed by atoms with Gasteiger partial charge in [0, 0.05) is 13.7 Å². The molecular weight excluding hydrogens is 172 g/mol. The van der Waals surface area contributed by atoms with Gasteiger partial charge in [0.1, 0.15) is 0 Å². The molecule has 0 spiro atoms. The lowest BCUT2D eigenvalue weighted by Crippen LogP contribution is -2.37.